The van der Waals surface area contributed by atoms with Crippen molar-refractivity contribution in [1.82, 2.24) is 24.9 Å². The Morgan fingerprint density at radius 3 is 2.70 bits per heavy atom. The summed E-state index contributed by atoms with van der Waals surface area (Å²) in [6.45, 7) is 4.40. The minimum absolute atomic E-state index is 0.150. The van der Waals surface area contributed by atoms with Crippen molar-refractivity contribution in [1.29, 1.82) is 0 Å². The quantitative estimate of drug-likeness (QED) is 0.347. The summed E-state index contributed by atoms with van der Waals surface area (Å²) >= 11 is 0. The molecule has 3 heterocycles. The van der Waals surface area contributed by atoms with Crippen LogP contribution in [0.2, 0.25) is 0 Å². The van der Waals surface area contributed by atoms with Gasteiger partial charge >= 0.3 is 0 Å². The first-order valence-electron chi connectivity index (χ1n) is 12.0. The fourth-order valence-electron chi connectivity index (χ4n) is 4.25. The Morgan fingerprint density at radius 1 is 1.08 bits per heavy atom. The molecule has 4 aromatic rings. The van der Waals surface area contributed by atoms with E-state index in [0.717, 1.165) is 23.2 Å². The van der Waals surface area contributed by atoms with Gasteiger partial charge in [-0.3, -0.25) is 14.6 Å². The van der Waals surface area contributed by atoms with Gasteiger partial charge in [0.05, 0.1) is 5.56 Å². The van der Waals surface area contributed by atoms with E-state index in [0.29, 0.717) is 34.7 Å². The lowest BCUT2D eigenvalue weighted by molar-refractivity contribution is 0.0948. The number of allylic oxidation sites excluding steroid dienone is 3. The standard InChI is InChI=1S/C28H27N7O2/c1-18-8-9-21(27(36)33-22-10-12-29-13-11-22)14-24(18)34-26-25-19(2)23(16-35(25)32-17-31-26)28(37)30-15-20-6-4-3-5-7-20/h3-6,8-14,16-17,20H,7,15H2,1-2H3,(H,30,37)(H,29,33,36)(H,31,32,34). The number of nitrogens with one attached hydrogen (secondary N) is 3. The van der Waals surface area contributed by atoms with Crippen LogP contribution in [0.5, 0.6) is 0 Å². The third-order valence-corrected chi connectivity index (χ3v) is 6.36. The van der Waals surface area contributed by atoms with Crippen LogP contribution >= 0.6 is 0 Å². The number of carbonyl (C=O) groups excluding carboxylic acids is 2. The van der Waals surface area contributed by atoms with Crippen LogP contribution < -0.4 is 16.0 Å². The number of amides is 2. The molecule has 37 heavy (non-hydrogen) atoms. The molecule has 2 amide bonds. The van der Waals surface area contributed by atoms with Crippen LogP contribution in [0.1, 0.15) is 38.3 Å². The predicted molar refractivity (Wildman–Crippen MR) is 143 cm³/mol. The summed E-state index contributed by atoms with van der Waals surface area (Å²) in [4.78, 5) is 34.2. The Kier molecular flexibility index (Phi) is 6.76. The van der Waals surface area contributed by atoms with Crippen LogP contribution in [0.3, 0.4) is 0 Å². The van der Waals surface area contributed by atoms with Crippen LogP contribution in [0.15, 0.2) is 79.6 Å². The first-order valence-corrected chi connectivity index (χ1v) is 12.0. The van der Waals surface area contributed by atoms with Crippen molar-refractivity contribution in [2.75, 3.05) is 17.2 Å². The molecule has 0 bridgehead atoms. The molecule has 5 rings (SSSR count). The van der Waals surface area contributed by atoms with E-state index in [1.165, 1.54) is 6.33 Å². The monoisotopic (exact) mass is 493 g/mol. The highest BCUT2D eigenvalue weighted by Gasteiger charge is 2.19. The molecule has 3 N–H and O–H groups in total. The molecule has 0 radical (unpaired) electrons. The van der Waals surface area contributed by atoms with Gasteiger partial charge in [-0.05, 0) is 61.6 Å². The van der Waals surface area contributed by atoms with Gasteiger partial charge in [-0.15, -0.1) is 0 Å². The van der Waals surface area contributed by atoms with Gasteiger partial charge in [0, 0.05) is 42.1 Å². The maximum atomic E-state index is 13.0. The van der Waals surface area contributed by atoms with Gasteiger partial charge < -0.3 is 16.0 Å². The van der Waals surface area contributed by atoms with E-state index in [1.54, 1.807) is 47.4 Å². The number of fused-ring (bicyclic) bond motifs is 1. The Bertz CT molecular complexity index is 1520. The topological polar surface area (TPSA) is 113 Å². The fourth-order valence-corrected chi connectivity index (χ4v) is 4.25. The number of nitrogens with zero attached hydrogens (tertiary/aromatic N) is 4. The molecule has 0 fully saturated rings. The lowest BCUT2D eigenvalue weighted by Crippen LogP contribution is -2.29. The SMILES string of the molecule is Cc1ccc(C(=O)Nc2ccncc2)cc1Nc1ncnn2cc(C(=O)NCC3C=CC=CC3)c(C)c12. The molecule has 1 aliphatic carbocycles. The van der Waals surface area contributed by atoms with Crippen LogP contribution in [-0.2, 0) is 0 Å². The molecule has 1 aliphatic rings. The van der Waals surface area contributed by atoms with E-state index in [9.17, 15) is 9.59 Å². The van der Waals surface area contributed by atoms with Crippen LogP contribution in [0.4, 0.5) is 17.2 Å². The normalized spacial score (nSPS) is 14.5. The maximum Gasteiger partial charge on any atom is 0.255 e. The third kappa shape index (κ3) is 5.25. The van der Waals surface area contributed by atoms with Gasteiger partial charge in [-0.25, -0.2) is 9.50 Å². The second-order valence-corrected chi connectivity index (χ2v) is 8.93. The highest BCUT2D eigenvalue weighted by molar-refractivity contribution is 6.05. The number of pyridine rings is 1. The molecule has 1 atom stereocenters. The molecule has 0 aliphatic heterocycles. The first kappa shape index (κ1) is 23.9. The molecular formula is C28H27N7O2. The molecule has 1 unspecified atom stereocenters. The first-order chi connectivity index (χ1) is 18.0. The Balaban J connectivity index is 1.38. The summed E-state index contributed by atoms with van der Waals surface area (Å²) in [6.07, 6.45) is 15.5. The van der Waals surface area contributed by atoms with Crippen molar-refractivity contribution >= 4 is 34.5 Å². The largest absolute Gasteiger partial charge is 0.351 e. The third-order valence-electron chi connectivity index (χ3n) is 6.36. The van der Waals surface area contributed by atoms with Gasteiger partial charge in [0.1, 0.15) is 11.8 Å². The van der Waals surface area contributed by atoms with E-state index < -0.39 is 0 Å². The van der Waals surface area contributed by atoms with E-state index in [1.807, 2.05) is 32.1 Å². The molecule has 0 saturated carbocycles. The van der Waals surface area contributed by atoms with Crippen molar-refractivity contribution in [3.63, 3.8) is 0 Å². The molecule has 0 spiro atoms. The number of benzene rings is 1. The summed E-state index contributed by atoms with van der Waals surface area (Å²) in [6, 6.07) is 8.89. The van der Waals surface area contributed by atoms with Crippen molar-refractivity contribution in [2.45, 2.75) is 20.3 Å². The predicted octanol–water partition coefficient (Wildman–Crippen LogP) is 4.60. The van der Waals surface area contributed by atoms with Gasteiger partial charge in [0.2, 0.25) is 0 Å². The number of anilines is 3. The molecule has 3 aromatic heterocycles. The lowest BCUT2D eigenvalue weighted by Gasteiger charge is -2.14. The molecular weight excluding hydrogens is 466 g/mol. The Hall–Kier alpha value is -4.79. The summed E-state index contributed by atoms with van der Waals surface area (Å²) in [5.74, 6) is 0.446. The highest BCUT2D eigenvalue weighted by Crippen LogP contribution is 2.28. The number of hydrogen-bond acceptors (Lipinski definition) is 6. The Labute approximate surface area is 214 Å². The van der Waals surface area contributed by atoms with Crippen LogP contribution in [0.25, 0.3) is 5.52 Å². The molecule has 9 heteroatoms. The lowest BCUT2D eigenvalue weighted by atomic mass is 10.0. The summed E-state index contributed by atoms with van der Waals surface area (Å²) in [5, 5.41) is 13.6. The van der Waals surface area contributed by atoms with Gasteiger partial charge in [0.25, 0.3) is 11.8 Å². The summed E-state index contributed by atoms with van der Waals surface area (Å²) < 4.78 is 1.65. The average molecular weight is 494 g/mol. The van der Waals surface area contributed by atoms with Crippen molar-refractivity contribution in [2.24, 2.45) is 5.92 Å². The zero-order valence-electron chi connectivity index (χ0n) is 20.6. The molecule has 0 saturated heterocycles. The van der Waals surface area contributed by atoms with Crippen molar-refractivity contribution in [3.05, 3.63) is 102 Å². The van der Waals surface area contributed by atoms with E-state index >= 15 is 0 Å². The second kappa shape index (κ2) is 10.4. The zero-order chi connectivity index (χ0) is 25.8. The van der Waals surface area contributed by atoms with Gasteiger partial charge in [-0.1, -0.05) is 30.4 Å². The molecule has 9 nitrogen and oxygen atoms in total. The van der Waals surface area contributed by atoms with Crippen LogP contribution in [0, 0.1) is 19.8 Å². The number of rotatable bonds is 7. The smallest absolute Gasteiger partial charge is 0.255 e. The number of carbonyl (C=O) groups is 2. The fraction of sp³-hybridized carbons (Fsp3) is 0.179. The second-order valence-electron chi connectivity index (χ2n) is 8.93. The van der Waals surface area contributed by atoms with Gasteiger partial charge in [0.15, 0.2) is 5.82 Å². The van der Waals surface area contributed by atoms with E-state index in [2.05, 4.69) is 43.2 Å². The summed E-state index contributed by atoms with van der Waals surface area (Å²) in [7, 11) is 0. The van der Waals surface area contributed by atoms with E-state index in [4.69, 9.17) is 0 Å². The van der Waals surface area contributed by atoms with Crippen molar-refractivity contribution in [3.8, 4) is 0 Å². The zero-order valence-corrected chi connectivity index (χ0v) is 20.6. The minimum atomic E-state index is -0.233. The maximum absolute atomic E-state index is 13.0. The minimum Gasteiger partial charge on any atom is -0.351 e. The number of aromatic nitrogens is 4. The average Bonchev–Trinajstić information content (AvgIpc) is 3.27. The Morgan fingerprint density at radius 2 is 1.92 bits per heavy atom. The van der Waals surface area contributed by atoms with Crippen molar-refractivity contribution < 1.29 is 9.59 Å². The molecule has 1 aromatic carbocycles. The number of hydrogen-bond donors (Lipinski definition) is 3. The highest BCUT2D eigenvalue weighted by atomic mass is 16.2. The summed E-state index contributed by atoms with van der Waals surface area (Å²) in [5.41, 5.74) is 4.83. The van der Waals surface area contributed by atoms with Gasteiger partial charge in [-0.2, -0.15) is 5.10 Å². The van der Waals surface area contributed by atoms with E-state index in [-0.39, 0.29) is 17.7 Å². The molecule has 186 valence electrons. The van der Waals surface area contributed by atoms with Crippen LogP contribution in [-0.4, -0.2) is 37.9 Å². The number of aryl methyl sites for hydroxylation is 2.